The van der Waals surface area contributed by atoms with Crippen molar-refractivity contribution >= 4 is 5.97 Å². The lowest BCUT2D eigenvalue weighted by atomic mass is 10.1. The summed E-state index contributed by atoms with van der Waals surface area (Å²) < 4.78 is 45.3. The molecule has 7 heteroatoms. The number of ether oxygens (including phenoxy) is 1. The molecule has 1 aromatic heterocycles. The van der Waals surface area contributed by atoms with E-state index in [0.717, 1.165) is 12.1 Å². The van der Waals surface area contributed by atoms with E-state index >= 15 is 0 Å². The maximum atomic E-state index is 12.1. The average Bonchev–Trinajstić information content (AvgIpc) is 2.69. The minimum absolute atomic E-state index is 0.278. The molecule has 1 N–H and O–H groups in total. The van der Waals surface area contributed by atoms with Crippen LogP contribution in [0.4, 0.5) is 13.2 Å². The summed E-state index contributed by atoms with van der Waals surface area (Å²) >= 11 is 0. The van der Waals surface area contributed by atoms with E-state index in [-0.39, 0.29) is 11.5 Å². The molecule has 0 fully saturated rings. The summed E-state index contributed by atoms with van der Waals surface area (Å²) in [6.07, 6.45) is -4.78. The molecule has 20 heavy (non-hydrogen) atoms. The van der Waals surface area contributed by atoms with Gasteiger partial charge < -0.3 is 14.3 Å². The Morgan fingerprint density at radius 1 is 1.30 bits per heavy atom. The Balaban J connectivity index is 2.38. The van der Waals surface area contributed by atoms with Gasteiger partial charge in [-0.05, 0) is 30.7 Å². The fourth-order valence-corrected chi connectivity index (χ4v) is 1.73. The summed E-state index contributed by atoms with van der Waals surface area (Å²) in [7, 11) is 0. The van der Waals surface area contributed by atoms with Crippen LogP contribution in [0, 0.1) is 6.92 Å². The van der Waals surface area contributed by atoms with E-state index < -0.39 is 12.3 Å². The van der Waals surface area contributed by atoms with Crippen molar-refractivity contribution in [3.8, 4) is 16.9 Å². The predicted octanol–water partition coefficient (Wildman–Crippen LogP) is 3.85. The van der Waals surface area contributed by atoms with Gasteiger partial charge in [0.2, 0.25) is 5.76 Å². The van der Waals surface area contributed by atoms with Gasteiger partial charge in [-0.1, -0.05) is 12.1 Å². The molecule has 1 heterocycles. The van der Waals surface area contributed by atoms with Gasteiger partial charge in [0.05, 0.1) is 0 Å². The first-order valence-corrected chi connectivity index (χ1v) is 5.46. The van der Waals surface area contributed by atoms with E-state index in [0.29, 0.717) is 16.9 Å². The topological polar surface area (TPSA) is 59.7 Å². The Kier molecular flexibility index (Phi) is 3.44. The summed E-state index contributed by atoms with van der Waals surface area (Å²) in [6.45, 7) is 1.53. The van der Waals surface area contributed by atoms with E-state index in [1.165, 1.54) is 25.1 Å². The highest BCUT2D eigenvalue weighted by Gasteiger charge is 2.31. The van der Waals surface area contributed by atoms with Crippen LogP contribution in [0.25, 0.3) is 11.1 Å². The number of carbonyl (C=O) groups is 1. The van der Waals surface area contributed by atoms with Crippen molar-refractivity contribution in [3.05, 3.63) is 41.9 Å². The average molecular weight is 286 g/mol. The molecule has 0 aliphatic heterocycles. The summed E-state index contributed by atoms with van der Waals surface area (Å²) in [5.41, 5.74) is 0.774. The van der Waals surface area contributed by atoms with Crippen LogP contribution < -0.4 is 4.74 Å². The molecule has 0 bridgehead atoms. The number of halogens is 3. The molecule has 0 saturated heterocycles. The molecule has 2 aromatic rings. The van der Waals surface area contributed by atoms with Gasteiger partial charge in [-0.3, -0.25) is 0 Å². The number of benzene rings is 1. The van der Waals surface area contributed by atoms with E-state index in [2.05, 4.69) is 4.74 Å². The number of alkyl halides is 3. The Morgan fingerprint density at radius 2 is 2.00 bits per heavy atom. The maximum absolute atomic E-state index is 12.1. The molecule has 106 valence electrons. The van der Waals surface area contributed by atoms with Crippen molar-refractivity contribution in [2.75, 3.05) is 0 Å². The van der Waals surface area contributed by atoms with Crippen LogP contribution in [0.3, 0.4) is 0 Å². The highest BCUT2D eigenvalue weighted by atomic mass is 19.4. The number of carboxylic acid groups (broad SMARTS) is 1. The number of aryl methyl sites for hydroxylation is 1. The second-order valence-corrected chi connectivity index (χ2v) is 3.96. The van der Waals surface area contributed by atoms with E-state index in [1.807, 2.05) is 0 Å². The Labute approximate surface area is 111 Å². The van der Waals surface area contributed by atoms with Crippen LogP contribution in [0.2, 0.25) is 0 Å². The van der Waals surface area contributed by atoms with Crippen LogP contribution in [0.5, 0.6) is 5.75 Å². The molecule has 0 radical (unpaired) electrons. The Bertz CT molecular complexity index is 643. The van der Waals surface area contributed by atoms with Gasteiger partial charge in [0.25, 0.3) is 0 Å². The molecule has 0 unspecified atom stereocenters. The summed E-state index contributed by atoms with van der Waals surface area (Å²) in [4.78, 5) is 10.8. The number of aromatic carboxylic acids is 1. The minimum Gasteiger partial charge on any atom is -0.475 e. The van der Waals surface area contributed by atoms with Crippen molar-refractivity contribution in [3.63, 3.8) is 0 Å². The number of carboxylic acids is 1. The maximum Gasteiger partial charge on any atom is 0.573 e. The van der Waals surface area contributed by atoms with Crippen molar-refractivity contribution < 1.29 is 32.2 Å². The van der Waals surface area contributed by atoms with E-state index in [4.69, 9.17) is 9.52 Å². The molecule has 0 saturated carbocycles. The zero-order valence-electron chi connectivity index (χ0n) is 10.2. The fourth-order valence-electron chi connectivity index (χ4n) is 1.73. The third-order valence-electron chi connectivity index (χ3n) is 2.51. The summed E-state index contributed by atoms with van der Waals surface area (Å²) in [5, 5.41) is 8.81. The number of hydrogen-bond acceptors (Lipinski definition) is 3. The zero-order chi connectivity index (χ0) is 14.9. The van der Waals surface area contributed by atoms with Crippen molar-refractivity contribution in [2.45, 2.75) is 13.3 Å². The quantitative estimate of drug-likeness (QED) is 0.931. The first kappa shape index (κ1) is 14.0. The van der Waals surface area contributed by atoms with Crippen LogP contribution in [0.1, 0.15) is 16.3 Å². The molecule has 0 atom stereocenters. The SMILES string of the molecule is Cc1oc(C(=O)O)cc1-c1cccc(OC(F)(F)F)c1. The van der Waals surface area contributed by atoms with Crippen LogP contribution in [0.15, 0.2) is 34.7 Å². The van der Waals surface area contributed by atoms with Gasteiger partial charge in [0.1, 0.15) is 11.5 Å². The molecule has 2 rings (SSSR count). The fraction of sp³-hybridized carbons (Fsp3) is 0.154. The molecule has 4 nitrogen and oxygen atoms in total. The largest absolute Gasteiger partial charge is 0.573 e. The van der Waals surface area contributed by atoms with Crippen LogP contribution >= 0.6 is 0 Å². The van der Waals surface area contributed by atoms with Gasteiger partial charge in [-0.2, -0.15) is 0 Å². The minimum atomic E-state index is -4.78. The summed E-state index contributed by atoms with van der Waals surface area (Å²) in [6, 6.07) is 6.49. The number of rotatable bonds is 3. The van der Waals surface area contributed by atoms with E-state index in [9.17, 15) is 18.0 Å². The molecular weight excluding hydrogens is 277 g/mol. The van der Waals surface area contributed by atoms with Crippen LogP contribution in [-0.4, -0.2) is 17.4 Å². The van der Waals surface area contributed by atoms with Crippen LogP contribution in [-0.2, 0) is 0 Å². The first-order chi connectivity index (χ1) is 9.26. The van der Waals surface area contributed by atoms with Gasteiger partial charge in [-0.15, -0.1) is 13.2 Å². The Morgan fingerprint density at radius 3 is 2.55 bits per heavy atom. The normalized spacial score (nSPS) is 11.4. The molecule has 0 aliphatic carbocycles. The lowest BCUT2D eigenvalue weighted by Crippen LogP contribution is -2.17. The smallest absolute Gasteiger partial charge is 0.475 e. The van der Waals surface area contributed by atoms with Gasteiger partial charge >= 0.3 is 12.3 Å². The third kappa shape index (κ3) is 3.11. The van der Waals surface area contributed by atoms with Crippen molar-refractivity contribution in [2.24, 2.45) is 0 Å². The predicted molar refractivity (Wildman–Crippen MR) is 62.5 cm³/mol. The first-order valence-electron chi connectivity index (χ1n) is 5.46. The van der Waals surface area contributed by atoms with Gasteiger partial charge in [0, 0.05) is 5.56 Å². The number of furan rings is 1. The number of hydrogen-bond donors (Lipinski definition) is 1. The third-order valence-corrected chi connectivity index (χ3v) is 2.51. The van der Waals surface area contributed by atoms with Crippen molar-refractivity contribution in [1.82, 2.24) is 0 Å². The van der Waals surface area contributed by atoms with Crippen molar-refractivity contribution in [1.29, 1.82) is 0 Å². The van der Waals surface area contributed by atoms with Gasteiger partial charge in [0.15, 0.2) is 0 Å². The zero-order valence-corrected chi connectivity index (χ0v) is 10.2. The molecule has 0 amide bonds. The highest BCUT2D eigenvalue weighted by Crippen LogP contribution is 2.31. The lowest BCUT2D eigenvalue weighted by molar-refractivity contribution is -0.274. The van der Waals surface area contributed by atoms with Gasteiger partial charge in [-0.25, -0.2) is 4.79 Å². The molecule has 0 aliphatic rings. The molecule has 0 spiro atoms. The molecular formula is C13H9F3O4. The standard InChI is InChI=1S/C13H9F3O4/c1-7-10(6-11(19-7)12(17)18)8-3-2-4-9(5-8)20-13(14,15)16/h2-6H,1H3,(H,17,18). The summed E-state index contributed by atoms with van der Waals surface area (Å²) in [5.74, 6) is -1.61. The lowest BCUT2D eigenvalue weighted by Gasteiger charge is -2.09. The highest BCUT2D eigenvalue weighted by molar-refractivity contribution is 5.87. The van der Waals surface area contributed by atoms with E-state index in [1.54, 1.807) is 0 Å². The molecule has 1 aromatic carbocycles. The second-order valence-electron chi connectivity index (χ2n) is 3.96. The second kappa shape index (κ2) is 4.92. The monoisotopic (exact) mass is 286 g/mol. The Hall–Kier alpha value is -2.44.